The average Bonchev–Trinajstić information content (AvgIpc) is 2.76. The number of carbonyl (C=O) groups is 1. The molecule has 0 aliphatic heterocycles. The largest absolute Gasteiger partial charge is 0.481 e. The molecule has 34 heavy (non-hydrogen) atoms. The summed E-state index contributed by atoms with van der Waals surface area (Å²) in [5.74, 6) is -3.52. The highest BCUT2D eigenvalue weighted by atomic mass is 35.5. The summed E-state index contributed by atoms with van der Waals surface area (Å²) in [5, 5.41) is 13.5. The second-order valence-electron chi connectivity index (χ2n) is 7.94. The minimum atomic E-state index is -4.40. The molecule has 0 bridgehead atoms. The predicted octanol–water partition coefficient (Wildman–Crippen LogP) is 8.34. The van der Waals surface area contributed by atoms with Crippen molar-refractivity contribution < 1.29 is 23.1 Å². The SMILES string of the molecule is C[C@H]([C@H](CNc1cc(-c2cc(Cl)ccc2CC(=O)O)ccc1Cl)c1ccc(Cl)cc1)C(F)(F)F. The first kappa shape index (κ1) is 26.2. The Hall–Kier alpha value is -2.41. The van der Waals surface area contributed by atoms with Gasteiger partial charge in [-0.3, -0.25) is 4.79 Å². The molecule has 0 radical (unpaired) electrons. The van der Waals surface area contributed by atoms with E-state index in [1.807, 2.05) is 0 Å². The molecular formula is C25H21Cl3F3NO2. The lowest BCUT2D eigenvalue weighted by atomic mass is 9.86. The molecule has 0 fully saturated rings. The van der Waals surface area contributed by atoms with Crippen molar-refractivity contribution in [3.05, 3.63) is 86.9 Å². The molecule has 0 aliphatic carbocycles. The molecule has 0 aromatic heterocycles. The van der Waals surface area contributed by atoms with Crippen LogP contribution in [0.25, 0.3) is 11.1 Å². The number of hydrogen-bond donors (Lipinski definition) is 2. The summed E-state index contributed by atoms with van der Waals surface area (Å²) >= 11 is 18.4. The number of benzene rings is 3. The summed E-state index contributed by atoms with van der Waals surface area (Å²) in [6.07, 6.45) is -4.61. The van der Waals surface area contributed by atoms with Gasteiger partial charge in [0.1, 0.15) is 0 Å². The van der Waals surface area contributed by atoms with E-state index in [-0.39, 0.29) is 13.0 Å². The van der Waals surface area contributed by atoms with Crippen LogP contribution in [0.15, 0.2) is 60.7 Å². The van der Waals surface area contributed by atoms with E-state index in [1.165, 1.54) is 0 Å². The molecule has 0 unspecified atom stereocenters. The van der Waals surface area contributed by atoms with Gasteiger partial charge in [0.2, 0.25) is 0 Å². The predicted molar refractivity (Wildman–Crippen MR) is 131 cm³/mol. The molecule has 2 atom stereocenters. The Morgan fingerprint density at radius 1 is 0.971 bits per heavy atom. The van der Waals surface area contributed by atoms with E-state index in [9.17, 15) is 23.1 Å². The Labute approximate surface area is 210 Å². The van der Waals surface area contributed by atoms with Crippen LogP contribution >= 0.6 is 34.8 Å². The lowest BCUT2D eigenvalue weighted by molar-refractivity contribution is -0.174. The average molecular weight is 531 g/mol. The van der Waals surface area contributed by atoms with Crippen LogP contribution in [0.3, 0.4) is 0 Å². The van der Waals surface area contributed by atoms with Gasteiger partial charge in [0.15, 0.2) is 0 Å². The third-order valence-corrected chi connectivity index (χ3v) is 6.44. The number of carboxylic acids is 1. The lowest BCUT2D eigenvalue weighted by Gasteiger charge is -2.27. The van der Waals surface area contributed by atoms with Gasteiger partial charge >= 0.3 is 12.1 Å². The molecule has 180 valence electrons. The Bertz CT molecular complexity index is 1170. The van der Waals surface area contributed by atoms with Crippen molar-refractivity contribution in [2.24, 2.45) is 5.92 Å². The van der Waals surface area contributed by atoms with Crippen LogP contribution in [0, 0.1) is 5.92 Å². The van der Waals surface area contributed by atoms with Crippen LogP contribution in [-0.4, -0.2) is 23.8 Å². The summed E-state index contributed by atoms with van der Waals surface area (Å²) in [7, 11) is 0. The van der Waals surface area contributed by atoms with Crippen LogP contribution in [-0.2, 0) is 11.2 Å². The van der Waals surface area contributed by atoms with E-state index in [0.717, 1.165) is 6.92 Å². The van der Waals surface area contributed by atoms with Gasteiger partial charge in [0.05, 0.1) is 23.0 Å². The van der Waals surface area contributed by atoms with Gasteiger partial charge in [-0.2, -0.15) is 13.2 Å². The second-order valence-corrected chi connectivity index (χ2v) is 9.22. The van der Waals surface area contributed by atoms with E-state index in [0.29, 0.717) is 43.0 Å². The third kappa shape index (κ3) is 6.59. The smallest absolute Gasteiger partial charge is 0.392 e. The monoisotopic (exact) mass is 529 g/mol. The third-order valence-electron chi connectivity index (χ3n) is 5.62. The highest BCUT2D eigenvalue weighted by Crippen LogP contribution is 2.39. The van der Waals surface area contributed by atoms with Gasteiger partial charge in [0, 0.05) is 22.5 Å². The van der Waals surface area contributed by atoms with E-state index in [2.05, 4.69) is 5.32 Å². The molecule has 3 aromatic carbocycles. The van der Waals surface area contributed by atoms with Crippen molar-refractivity contribution >= 4 is 46.5 Å². The summed E-state index contributed by atoms with van der Waals surface area (Å²) in [4.78, 5) is 11.3. The fraction of sp³-hybridized carbons (Fsp3) is 0.240. The number of rotatable bonds is 8. The summed E-state index contributed by atoms with van der Waals surface area (Å²) in [5.41, 5.74) is 2.71. The second kappa shape index (κ2) is 10.9. The number of carboxylic acid groups (broad SMARTS) is 1. The van der Waals surface area contributed by atoms with Crippen molar-refractivity contribution in [2.75, 3.05) is 11.9 Å². The van der Waals surface area contributed by atoms with Gasteiger partial charge < -0.3 is 10.4 Å². The normalized spacial score (nSPS) is 13.4. The van der Waals surface area contributed by atoms with Crippen LogP contribution in [0.4, 0.5) is 18.9 Å². The van der Waals surface area contributed by atoms with Gasteiger partial charge in [-0.05, 0) is 58.7 Å². The molecule has 3 rings (SSSR count). The maximum Gasteiger partial charge on any atom is 0.392 e. The molecule has 3 aromatic rings. The van der Waals surface area contributed by atoms with E-state index in [1.54, 1.807) is 60.7 Å². The van der Waals surface area contributed by atoms with Gasteiger partial charge in [-0.25, -0.2) is 0 Å². The highest BCUT2D eigenvalue weighted by Gasteiger charge is 2.41. The molecule has 0 heterocycles. The van der Waals surface area contributed by atoms with E-state index < -0.39 is 24.0 Å². The van der Waals surface area contributed by atoms with Crippen molar-refractivity contribution in [3.63, 3.8) is 0 Å². The summed E-state index contributed by atoms with van der Waals surface area (Å²) in [6, 6.07) is 16.2. The van der Waals surface area contributed by atoms with Crippen LogP contribution in [0.1, 0.15) is 24.0 Å². The topological polar surface area (TPSA) is 49.3 Å². The number of aliphatic carboxylic acids is 1. The Morgan fingerprint density at radius 2 is 1.62 bits per heavy atom. The first-order valence-electron chi connectivity index (χ1n) is 10.3. The Kier molecular flexibility index (Phi) is 8.39. The summed E-state index contributed by atoms with van der Waals surface area (Å²) < 4.78 is 40.8. The fourth-order valence-corrected chi connectivity index (χ4v) is 4.19. The van der Waals surface area contributed by atoms with Crippen molar-refractivity contribution in [2.45, 2.75) is 25.4 Å². The van der Waals surface area contributed by atoms with Gasteiger partial charge in [-0.15, -0.1) is 0 Å². The quantitative estimate of drug-likeness (QED) is 0.308. The van der Waals surface area contributed by atoms with Crippen molar-refractivity contribution in [1.29, 1.82) is 0 Å². The molecule has 9 heteroatoms. The van der Waals surface area contributed by atoms with Crippen molar-refractivity contribution in [3.8, 4) is 11.1 Å². The number of nitrogens with one attached hydrogen (secondary N) is 1. The molecule has 0 spiro atoms. The van der Waals surface area contributed by atoms with Gasteiger partial charge in [-0.1, -0.05) is 66.0 Å². The zero-order valence-corrected chi connectivity index (χ0v) is 20.2. The number of halogens is 6. The highest BCUT2D eigenvalue weighted by molar-refractivity contribution is 6.33. The number of anilines is 1. The van der Waals surface area contributed by atoms with E-state index in [4.69, 9.17) is 34.8 Å². The minimum Gasteiger partial charge on any atom is -0.481 e. The molecule has 0 aliphatic rings. The maximum absolute atomic E-state index is 13.6. The molecular weight excluding hydrogens is 510 g/mol. The van der Waals surface area contributed by atoms with E-state index >= 15 is 0 Å². The molecule has 0 amide bonds. The molecule has 0 saturated heterocycles. The first-order chi connectivity index (χ1) is 16.0. The fourth-order valence-electron chi connectivity index (χ4n) is 3.70. The first-order valence-corrected chi connectivity index (χ1v) is 11.4. The maximum atomic E-state index is 13.6. The van der Waals surface area contributed by atoms with Crippen LogP contribution in [0.5, 0.6) is 0 Å². The standard InChI is InChI=1S/C25H21Cl3F3NO2/c1-14(25(29,30)31)21(15-2-6-18(26)7-3-15)13-32-23-10-16(5-9-22(23)28)20-12-19(27)8-4-17(20)11-24(33)34/h2-10,12,14,21,32H,11,13H2,1H3,(H,33,34)/t14-,21+/m1/s1. The van der Waals surface area contributed by atoms with Gasteiger partial charge in [0.25, 0.3) is 0 Å². The van der Waals surface area contributed by atoms with Crippen LogP contribution in [0.2, 0.25) is 15.1 Å². The number of alkyl halides is 3. The zero-order valence-electron chi connectivity index (χ0n) is 18.0. The van der Waals surface area contributed by atoms with Crippen molar-refractivity contribution in [1.82, 2.24) is 0 Å². The number of hydrogen-bond acceptors (Lipinski definition) is 2. The zero-order chi connectivity index (χ0) is 25.0. The Balaban J connectivity index is 1.93. The van der Waals surface area contributed by atoms with Crippen LogP contribution < -0.4 is 5.32 Å². The molecule has 0 saturated carbocycles. The lowest BCUT2D eigenvalue weighted by Crippen LogP contribution is -2.30. The summed E-state index contributed by atoms with van der Waals surface area (Å²) in [6.45, 7) is 1.10. The Morgan fingerprint density at radius 3 is 2.24 bits per heavy atom. The molecule has 2 N–H and O–H groups in total. The molecule has 3 nitrogen and oxygen atoms in total. The minimum absolute atomic E-state index is 0.0387.